The summed E-state index contributed by atoms with van der Waals surface area (Å²) >= 11 is 0. The second kappa shape index (κ2) is 9.11. The van der Waals surface area contributed by atoms with Crippen LogP contribution in [-0.4, -0.2) is 58.7 Å². The molecule has 3 aromatic rings. The van der Waals surface area contributed by atoms with Gasteiger partial charge in [-0.25, -0.2) is 4.98 Å². The number of hydrogen-bond acceptors (Lipinski definition) is 5. The number of nitrogens with zero attached hydrogens (tertiary/aromatic N) is 3. The third kappa shape index (κ3) is 4.40. The van der Waals surface area contributed by atoms with E-state index in [1.54, 1.807) is 0 Å². The molecule has 1 N–H and O–H groups in total. The van der Waals surface area contributed by atoms with Gasteiger partial charge in [0, 0.05) is 44.4 Å². The first-order valence-corrected chi connectivity index (χ1v) is 11.7. The van der Waals surface area contributed by atoms with Gasteiger partial charge < -0.3 is 9.52 Å². The maximum Gasteiger partial charge on any atom is 0.227 e. The Bertz CT molecular complexity index is 1020. The van der Waals surface area contributed by atoms with Crippen LogP contribution in [0.25, 0.3) is 22.2 Å². The lowest BCUT2D eigenvalue weighted by Gasteiger charge is -2.42. The van der Waals surface area contributed by atoms with Gasteiger partial charge in [0.1, 0.15) is 5.76 Å². The van der Waals surface area contributed by atoms with E-state index in [2.05, 4.69) is 52.3 Å². The average molecular weight is 420 g/mol. The maximum absolute atomic E-state index is 9.53. The molecule has 2 aliphatic heterocycles. The molecule has 164 valence electrons. The molecule has 1 atom stereocenters. The number of piperidine rings is 2. The van der Waals surface area contributed by atoms with E-state index in [-0.39, 0.29) is 0 Å². The third-order valence-electron chi connectivity index (χ3n) is 7.17. The molecule has 2 fully saturated rings. The highest BCUT2D eigenvalue weighted by Crippen LogP contribution is 2.30. The molecule has 1 unspecified atom stereocenters. The highest BCUT2D eigenvalue weighted by atomic mass is 16.4. The van der Waals surface area contributed by atoms with Crippen LogP contribution >= 0.6 is 0 Å². The van der Waals surface area contributed by atoms with E-state index in [9.17, 15) is 5.11 Å². The molecule has 0 radical (unpaired) electrons. The molecular formula is C26H33N3O2. The summed E-state index contributed by atoms with van der Waals surface area (Å²) < 4.78 is 6.12. The van der Waals surface area contributed by atoms with Crippen LogP contribution in [-0.2, 0) is 6.54 Å². The molecule has 0 spiro atoms. The van der Waals surface area contributed by atoms with E-state index in [0.717, 1.165) is 49.1 Å². The molecule has 0 saturated carbocycles. The molecule has 1 aromatic heterocycles. The fraction of sp³-hybridized carbons (Fsp3) is 0.500. The van der Waals surface area contributed by atoms with E-state index < -0.39 is 0 Å². The fourth-order valence-corrected chi connectivity index (χ4v) is 5.33. The summed E-state index contributed by atoms with van der Waals surface area (Å²) in [5, 5.41) is 11.9. The summed E-state index contributed by atoms with van der Waals surface area (Å²) in [7, 11) is 0. The number of aliphatic hydroxyl groups excluding tert-OH is 1. The Morgan fingerprint density at radius 3 is 2.68 bits per heavy atom. The van der Waals surface area contributed by atoms with Crippen molar-refractivity contribution in [3.63, 3.8) is 0 Å². The monoisotopic (exact) mass is 419 g/mol. The van der Waals surface area contributed by atoms with Crippen molar-refractivity contribution in [2.24, 2.45) is 5.92 Å². The molecule has 3 heterocycles. The molecule has 2 aromatic carbocycles. The number of aryl methyl sites for hydroxylation is 1. The molecule has 0 amide bonds. The largest absolute Gasteiger partial charge is 0.441 e. The molecular weight excluding hydrogens is 386 g/mol. The minimum Gasteiger partial charge on any atom is -0.441 e. The smallest absolute Gasteiger partial charge is 0.227 e. The Morgan fingerprint density at radius 1 is 1.03 bits per heavy atom. The lowest BCUT2D eigenvalue weighted by Crippen LogP contribution is -2.48. The van der Waals surface area contributed by atoms with Crippen LogP contribution in [0.2, 0.25) is 0 Å². The highest BCUT2D eigenvalue weighted by molar-refractivity contribution is 5.94. The quantitative estimate of drug-likeness (QED) is 0.661. The molecule has 0 bridgehead atoms. The predicted molar refractivity (Wildman–Crippen MR) is 124 cm³/mol. The molecule has 2 saturated heterocycles. The maximum atomic E-state index is 9.53. The van der Waals surface area contributed by atoms with Crippen LogP contribution in [0.4, 0.5) is 0 Å². The summed E-state index contributed by atoms with van der Waals surface area (Å²) in [6.45, 7) is 7.68. The van der Waals surface area contributed by atoms with Crippen LogP contribution in [0.15, 0.2) is 46.9 Å². The average Bonchev–Trinajstić information content (AvgIpc) is 3.19. The van der Waals surface area contributed by atoms with Crippen molar-refractivity contribution in [3.8, 4) is 11.5 Å². The lowest BCUT2D eigenvalue weighted by molar-refractivity contribution is 0.0523. The lowest BCUT2D eigenvalue weighted by atomic mass is 9.94. The number of hydrogen-bond donors (Lipinski definition) is 1. The number of rotatable bonds is 5. The topological polar surface area (TPSA) is 52.7 Å². The Kier molecular flexibility index (Phi) is 6.08. The number of oxazole rings is 1. The molecule has 5 heteroatoms. The van der Waals surface area contributed by atoms with Crippen LogP contribution in [0, 0.1) is 12.8 Å². The summed E-state index contributed by atoms with van der Waals surface area (Å²) in [6, 6.07) is 15.4. The van der Waals surface area contributed by atoms with Crippen molar-refractivity contribution >= 4 is 10.8 Å². The standard InChI is InChI=1S/C26H33N3O2/c1-19-25(27-26(31-19)24-10-4-8-21-7-2-3-9-23(21)24)17-28-14-11-22(12-15-28)29-13-5-6-20(16-29)18-30/h2-4,7-10,20,22,30H,5-6,11-18H2,1H3. The van der Waals surface area contributed by atoms with E-state index >= 15 is 0 Å². The second-order valence-electron chi connectivity index (χ2n) is 9.24. The van der Waals surface area contributed by atoms with Crippen molar-refractivity contribution in [1.29, 1.82) is 0 Å². The zero-order valence-corrected chi connectivity index (χ0v) is 18.5. The number of benzene rings is 2. The summed E-state index contributed by atoms with van der Waals surface area (Å²) in [5.74, 6) is 2.12. The van der Waals surface area contributed by atoms with Crippen molar-refractivity contribution in [3.05, 3.63) is 53.9 Å². The van der Waals surface area contributed by atoms with Crippen molar-refractivity contribution in [2.75, 3.05) is 32.8 Å². The van der Waals surface area contributed by atoms with Gasteiger partial charge in [-0.3, -0.25) is 9.80 Å². The molecule has 31 heavy (non-hydrogen) atoms. The second-order valence-corrected chi connectivity index (χ2v) is 9.24. The minimum absolute atomic E-state index is 0.333. The summed E-state index contributed by atoms with van der Waals surface area (Å²) in [4.78, 5) is 10.0. The van der Waals surface area contributed by atoms with E-state index in [4.69, 9.17) is 9.40 Å². The minimum atomic E-state index is 0.333. The van der Waals surface area contributed by atoms with Gasteiger partial charge in [0.25, 0.3) is 0 Å². The predicted octanol–water partition coefficient (Wildman–Crippen LogP) is 4.47. The van der Waals surface area contributed by atoms with Gasteiger partial charge in [-0.05, 0) is 61.9 Å². The molecule has 2 aliphatic rings. The third-order valence-corrected chi connectivity index (χ3v) is 7.17. The zero-order valence-electron chi connectivity index (χ0n) is 18.5. The van der Waals surface area contributed by atoms with Gasteiger partial charge in [0.2, 0.25) is 5.89 Å². The molecule has 5 rings (SSSR count). The SMILES string of the molecule is Cc1oc(-c2cccc3ccccc23)nc1CN1CCC(N2CCCC(CO)C2)CC1. The van der Waals surface area contributed by atoms with Gasteiger partial charge >= 0.3 is 0 Å². The number of aromatic nitrogens is 1. The Hall–Kier alpha value is -2.21. The summed E-state index contributed by atoms with van der Waals surface area (Å²) in [5.41, 5.74) is 2.12. The number of fused-ring (bicyclic) bond motifs is 1. The molecule has 5 nitrogen and oxygen atoms in total. The zero-order chi connectivity index (χ0) is 21.2. The van der Waals surface area contributed by atoms with Crippen molar-refractivity contribution < 1.29 is 9.52 Å². The van der Waals surface area contributed by atoms with Gasteiger partial charge in [-0.2, -0.15) is 0 Å². The Labute approximate surface area is 184 Å². The number of likely N-dealkylation sites (tertiary alicyclic amines) is 2. The van der Waals surface area contributed by atoms with Crippen molar-refractivity contribution in [1.82, 2.24) is 14.8 Å². The first-order chi connectivity index (χ1) is 15.2. The Morgan fingerprint density at radius 2 is 1.84 bits per heavy atom. The van der Waals surface area contributed by atoms with Gasteiger partial charge in [0.15, 0.2) is 0 Å². The first-order valence-electron chi connectivity index (χ1n) is 11.7. The van der Waals surface area contributed by atoms with Crippen LogP contribution < -0.4 is 0 Å². The molecule has 0 aliphatic carbocycles. The van der Waals surface area contributed by atoms with Gasteiger partial charge in [0.05, 0.1) is 5.69 Å². The van der Waals surface area contributed by atoms with E-state index in [1.165, 1.54) is 43.0 Å². The van der Waals surface area contributed by atoms with Crippen LogP contribution in [0.5, 0.6) is 0 Å². The van der Waals surface area contributed by atoms with E-state index in [1.807, 2.05) is 6.92 Å². The van der Waals surface area contributed by atoms with Crippen molar-refractivity contribution in [2.45, 2.75) is 45.2 Å². The summed E-state index contributed by atoms with van der Waals surface area (Å²) in [6.07, 6.45) is 4.80. The van der Waals surface area contributed by atoms with Crippen LogP contribution in [0.3, 0.4) is 0 Å². The fourth-order valence-electron chi connectivity index (χ4n) is 5.33. The van der Waals surface area contributed by atoms with Crippen LogP contribution in [0.1, 0.15) is 37.1 Å². The highest BCUT2D eigenvalue weighted by Gasteiger charge is 2.29. The van der Waals surface area contributed by atoms with Gasteiger partial charge in [-0.1, -0.05) is 36.4 Å². The number of aliphatic hydroxyl groups is 1. The normalized spacial score (nSPS) is 21.7. The van der Waals surface area contributed by atoms with Gasteiger partial charge in [-0.15, -0.1) is 0 Å². The Balaban J connectivity index is 1.24. The first kappa shape index (κ1) is 20.7. The van der Waals surface area contributed by atoms with E-state index in [0.29, 0.717) is 18.6 Å².